The molecule has 8 nitrogen and oxygen atoms in total. The fourth-order valence-corrected chi connectivity index (χ4v) is 5.76. The van der Waals surface area contributed by atoms with Crippen molar-refractivity contribution in [2.75, 3.05) is 44.7 Å². The highest BCUT2D eigenvalue weighted by Crippen LogP contribution is 2.41. The van der Waals surface area contributed by atoms with Gasteiger partial charge in [0.15, 0.2) is 12.4 Å². The molecule has 0 atom stereocenters. The number of nitrogens with zero attached hydrogens (tertiary/aromatic N) is 5. The van der Waals surface area contributed by atoms with E-state index in [9.17, 15) is 9.59 Å². The van der Waals surface area contributed by atoms with Crippen LogP contribution in [0.15, 0.2) is 67.3 Å². The first-order valence-corrected chi connectivity index (χ1v) is 13.0. The van der Waals surface area contributed by atoms with Crippen molar-refractivity contribution in [2.45, 2.75) is 19.4 Å². The van der Waals surface area contributed by atoms with Gasteiger partial charge in [-0.05, 0) is 29.9 Å². The zero-order valence-electron chi connectivity index (χ0n) is 21.6. The number of aromatic nitrogens is 2. The molecule has 0 N–H and O–H groups in total. The van der Waals surface area contributed by atoms with Gasteiger partial charge < -0.3 is 9.64 Å². The summed E-state index contributed by atoms with van der Waals surface area (Å²) in [4.78, 5) is 39.6. The van der Waals surface area contributed by atoms with E-state index in [0.717, 1.165) is 62.4 Å². The molecule has 0 unspecified atom stereocenters. The van der Waals surface area contributed by atoms with E-state index >= 15 is 0 Å². The quantitative estimate of drug-likeness (QED) is 0.487. The monoisotopic (exact) mass is 509 g/mol. The second kappa shape index (κ2) is 9.68. The Morgan fingerprint density at radius 3 is 2.34 bits per heavy atom. The molecule has 2 aromatic carbocycles. The molecule has 1 spiro atoms. The molecule has 2 amide bonds. The number of likely N-dealkylation sites (N-methyl/N-ethyl adjacent to an activating group) is 1. The second-order valence-corrected chi connectivity index (χ2v) is 10.5. The Balaban J connectivity index is 1.18. The number of hydrogen-bond donors (Lipinski definition) is 0. The van der Waals surface area contributed by atoms with Gasteiger partial charge in [0, 0.05) is 50.9 Å². The second-order valence-electron chi connectivity index (χ2n) is 10.5. The number of piperidine rings is 1. The van der Waals surface area contributed by atoms with Crippen LogP contribution in [-0.2, 0) is 16.1 Å². The van der Waals surface area contributed by atoms with Crippen molar-refractivity contribution in [3.05, 3.63) is 72.8 Å². The molecular weight excluding hydrogens is 478 g/mol. The van der Waals surface area contributed by atoms with Gasteiger partial charge in [0.05, 0.1) is 5.69 Å². The molecule has 194 valence electrons. The lowest BCUT2D eigenvalue weighted by Gasteiger charge is -2.54. The third-order valence-corrected chi connectivity index (χ3v) is 7.98. The number of likely N-dealkylation sites (tertiary alicyclic amines) is 2. The molecule has 2 saturated heterocycles. The molecule has 38 heavy (non-hydrogen) atoms. The zero-order valence-corrected chi connectivity index (χ0v) is 21.6. The van der Waals surface area contributed by atoms with E-state index in [-0.39, 0.29) is 18.4 Å². The smallest absolute Gasteiger partial charge is 0.266 e. The number of fused-ring (bicyclic) bond motifs is 1. The minimum Gasteiger partial charge on any atom is -0.465 e. The van der Waals surface area contributed by atoms with Crippen LogP contribution in [0.5, 0.6) is 5.88 Å². The minimum atomic E-state index is -0.147. The highest BCUT2D eigenvalue weighted by molar-refractivity contribution is 5.96. The number of anilines is 1. The Bertz CT molecular complexity index is 1370. The first-order valence-electron chi connectivity index (χ1n) is 13.0. The summed E-state index contributed by atoms with van der Waals surface area (Å²) in [5, 5.41) is 0. The lowest BCUT2D eigenvalue weighted by Crippen LogP contribution is -2.60. The van der Waals surface area contributed by atoms with Crippen LogP contribution in [0.2, 0.25) is 0 Å². The molecule has 0 bridgehead atoms. The minimum absolute atomic E-state index is 0.0405. The number of carbonyl (C=O) groups excluding carboxylic acids is 2. The SMILES string of the molecule is C=CC(=O)N1CCC2(CC1)CN(Cc1ccc(-c3nc4c(nc3-c3ccccc3)N(C)C(=O)CO4)cc1)C2. The van der Waals surface area contributed by atoms with Gasteiger partial charge >= 0.3 is 0 Å². The van der Waals surface area contributed by atoms with E-state index in [4.69, 9.17) is 14.7 Å². The number of ether oxygens (including phenoxy) is 1. The summed E-state index contributed by atoms with van der Waals surface area (Å²) < 4.78 is 5.64. The van der Waals surface area contributed by atoms with Crippen molar-refractivity contribution in [1.82, 2.24) is 19.8 Å². The van der Waals surface area contributed by atoms with E-state index in [0.29, 0.717) is 22.8 Å². The van der Waals surface area contributed by atoms with E-state index < -0.39 is 0 Å². The molecule has 6 rings (SSSR count). The van der Waals surface area contributed by atoms with Crippen molar-refractivity contribution in [3.8, 4) is 28.4 Å². The highest BCUT2D eigenvalue weighted by Gasteiger charge is 2.44. The van der Waals surface area contributed by atoms with Crippen molar-refractivity contribution in [2.24, 2.45) is 5.41 Å². The van der Waals surface area contributed by atoms with Gasteiger partial charge in [0.2, 0.25) is 5.91 Å². The van der Waals surface area contributed by atoms with Crippen LogP contribution in [0, 0.1) is 5.41 Å². The standard InChI is InChI=1S/C30H31N5O3/c1-3-24(36)35-15-13-30(14-16-35)19-34(20-30)17-21-9-11-23(12-10-21)27-26(22-7-5-4-6-8-22)31-28-29(32-27)38-18-25(37)33(28)2/h3-12H,1,13-20H2,2H3. The van der Waals surface area contributed by atoms with Crippen molar-refractivity contribution >= 4 is 17.6 Å². The average molecular weight is 510 g/mol. The maximum atomic E-state index is 12.2. The van der Waals surface area contributed by atoms with Gasteiger partial charge in [-0.1, -0.05) is 61.2 Å². The van der Waals surface area contributed by atoms with E-state index in [1.165, 1.54) is 16.5 Å². The van der Waals surface area contributed by atoms with Gasteiger partial charge in [0.1, 0.15) is 5.69 Å². The molecule has 2 fully saturated rings. The lowest BCUT2D eigenvalue weighted by atomic mass is 9.72. The maximum absolute atomic E-state index is 12.2. The largest absolute Gasteiger partial charge is 0.465 e. The van der Waals surface area contributed by atoms with Crippen molar-refractivity contribution < 1.29 is 14.3 Å². The molecule has 3 aliphatic rings. The Kier molecular flexibility index (Phi) is 6.19. The summed E-state index contributed by atoms with van der Waals surface area (Å²) in [5.41, 5.74) is 4.92. The first kappa shape index (κ1) is 24.3. The summed E-state index contributed by atoms with van der Waals surface area (Å²) in [6.45, 7) is 8.26. The predicted molar refractivity (Wildman–Crippen MR) is 146 cm³/mol. The van der Waals surface area contributed by atoms with E-state index in [1.807, 2.05) is 35.2 Å². The van der Waals surface area contributed by atoms with Gasteiger partial charge in [-0.3, -0.25) is 19.4 Å². The Labute approximate surface area is 222 Å². The maximum Gasteiger partial charge on any atom is 0.266 e. The molecule has 4 heterocycles. The molecule has 1 aromatic heterocycles. The van der Waals surface area contributed by atoms with Crippen LogP contribution in [0.3, 0.4) is 0 Å². The van der Waals surface area contributed by atoms with Crippen LogP contribution < -0.4 is 9.64 Å². The lowest BCUT2D eigenvalue weighted by molar-refractivity contribution is -0.131. The Morgan fingerprint density at radius 2 is 1.66 bits per heavy atom. The average Bonchev–Trinajstić information content (AvgIpc) is 2.94. The fraction of sp³-hybridized carbons (Fsp3) is 0.333. The topological polar surface area (TPSA) is 78.9 Å². The Hall–Kier alpha value is -4.04. The normalized spacial score (nSPS) is 18.5. The summed E-state index contributed by atoms with van der Waals surface area (Å²) in [6.07, 6.45) is 3.54. The van der Waals surface area contributed by atoms with Crippen LogP contribution >= 0.6 is 0 Å². The number of hydrogen-bond acceptors (Lipinski definition) is 6. The third kappa shape index (κ3) is 4.45. The summed E-state index contributed by atoms with van der Waals surface area (Å²) in [5.74, 6) is 0.707. The number of rotatable bonds is 5. The third-order valence-electron chi connectivity index (χ3n) is 7.98. The van der Waals surface area contributed by atoms with E-state index in [1.54, 1.807) is 7.05 Å². The van der Waals surface area contributed by atoms with Gasteiger partial charge in [-0.25, -0.2) is 9.97 Å². The first-order chi connectivity index (χ1) is 18.4. The van der Waals surface area contributed by atoms with Gasteiger partial charge in [-0.2, -0.15) is 0 Å². The fourth-order valence-electron chi connectivity index (χ4n) is 5.76. The van der Waals surface area contributed by atoms with Crippen LogP contribution in [0.1, 0.15) is 18.4 Å². The molecule has 0 radical (unpaired) electrons. The van der Waals surface area contributed by atoms with Crippen LogP contribution in [0.25, 0.3) is 22.5 Å². The Morgan fingerprint density at radius 1 is 1.00 bits per heavy atom. The van der Waals surface area contributed by atoms with Gasteiger partial charge in [-0.15, -0.1) is 0 Å². The van der Waals surface area contributed by atoms with Crippen molar-refractivity contribution in [1.29, 1.82) is 0 Å². The summed E-state index contributed by atoms with van der Waals surface area (Å²) in [6, 6.07) is 18.4. The number of carbonyl (C=O) groups is 2. The predicted octanol–water partition coefficient (Wildman–Crippen LogP) is 3.78. The van der Waals surface area contributed by atoms with E-state index in [2.05, 4.69) is 35.7 Å². The molecule has 0 saturated carbocycles. The highest BCUT2D eigenvalue weighted by atomic mass is 16.5. The molecule has 3 aromatic rings. The van der Waals surface area contributed by atoms with Crippen LogP contribution in [0.4, 0.5) is 5.82 Å². The van der Waals surface area contributed by atoms with Crippen LogP contribution in [-0.4, -0.2) is 71.4 Å². The number of benzene rings is 2. The molecule has 8 heteroatoms. The van der Waals surface area contributed by atoms with Crippen molar-refractivity contribution in [3.63, 3.8) is 0 Å². The van der Waals surface area contributed by atoms with Gasteiger partial charge in [0.25, 0.3) is 11.8 Å². The summed E-state index contributed by atoms with van der Waals surface area (Å²) in [7, 11) is 1.70. The zero-order chi connectivity index (χ0) is 26.3. The molecular formula is C30H31N5O3. The molecule has 0 aliphatic carbocycles. The summed E-state index contributed by atoms with van der Waals surface area (Å²) >= 11 is 0. The molecule has 3 aliphatic heterocycles. The number of amides is 2.